The highest BCUT2D eigenvalue weighted by atomic mass is 16.4. The third-order valence-corrected chi connectivity index (χ3v) is 5.68. The van der Waals surface area contributed by atoms with Crippen LogP contribution in [0.1, 0.15) is 42.4 Å². The van der Waals surface area contributed by atoms with Crippen LogP contribution in [0.15, 0.2) is 54.6 Å². The quantitative estimate of drug-likeness (QED) is 0.843. The molecule has 0 bridgehead atoms. The SMILES string of the molecule is Cc1ccc(CCCC(=O)N2CCC(C(=O)O)(c3ccccc3)CC2)cc1. The predicted molar refractivity (Wildman–Crippen MR) is 106 cm³/mol. The van der Waals surface area contributed by atoms with Crippen molar-refractivity contribution in [2.45, 2.75) is 44.4 Å². The molecule has 1 amide bonds. The first-order chi connectivity index (χ1) is 13.0. The number of carbonyl (C=O) groups excluding carboxylic acids is 1. The first-order valence-corrected chi connectivity index (χ1v) is 9.63. The van der Waals surface area contributed by atoms with Crippen LogP contribution in [0.4, 0.5) is 0 Å². The van der Waals surface area contributed by atoms with Crippen LogP contribution in [0, 0.1) is 6.92 Å². The van der Waals surface area contributed by atoms with E-state index in [1.54, 1.807) is 0 Å². The Morgan fingerprint density at radius 3 is 2.22 bits per heavy atom. The molecule has 0 atom stereocenters. The minimum Gasteiger partial charge on any atom is -0.481 e. The smallest absolute Gasteiger partial charge is 0.314 e. The Hall–Kier alpha value is -2.62. The molecule has 2 aromatic carbocycles. The molecule has 0 aromatic heterocycles. The Morgan fingerprint density at radius 1 is 1.00 bits per heavy atom. The summed E-state index contributed by atoms with van der Waals surface area (Å²) in [5.41, 5.74) is 2.45. The molecule has 0 unspecified atom stereocenters. The van der Waals surface area contributed by atoms with E-state index in [1.165, 1.54) is 11.1 Å². The van der Waals surface area contributed by atoms with Crippen molar-refractivity contribution >= 4 is 11.9 Å². The highest BCUT2D eigenvalue weighted by Gasteiger charge is 2.43. The minimum atomic E-state index is -0.875. The molecule has 1 aliphatic rings. The molecule has 4 nitrogen and oxygen atoms in total. The summed E-state index contributed by atoms with van der Waals surface area (Å²) in [5.74, 6) is -0.658. The average molecular weight is 365 g/mol. The van der Waals surface area contributed by atoms with Crippen molar-refractivity contribution in [1.29, 1.82) is 0 Å². The van der Waals surface area contributed by atoms with Crippen molar-refractivity contribution in [3.63, 3.8) is 0 Å². The Kier molecular flexibility index (Phi) is 5.94. The lowest BCUT2D eigenvalue weighted by Crippen LogP contribution is -2.49. The topological polar surface area (TPSA) is 57.6 Å². The highest BCUT2D eigenvalue weighted by Crippen LogP contribution is 2.36. The molecule has 0 radical (unpaired) electrons. The number of carboxylic acids is 1. The number of carboxylic acid groups (broad SMARTS) is 1. The lowest BCUT2D eigenvalue weighted by Gasteiger charge is -2.39. The number of hydrogen-bond donors (Lipinski definition) is 1. The van der Waals surface area contributed by atoms with Gasteiger partial charge in [0.15, 0.2) is 0 Å². The van der Waals surface area contributed by atoms with Gasteiger partial charge in [0, 0.05) is 19.5 Å². The van der Waals surface area contributed by atoms with E-state index < -0.39 is 11.4 Å². The number of nitrogens with zero attached hydrogens (tertiary/aromatic N) is 1. The molecule has 2 aromatic rings. The van der Waals surface area contributed by atoms with Gasteiger partial charge in [-0.25, -0.2) is 0 Å². The normalized spacial score (nSPS) is 16.1. The number of hydrogen-bond acceptors (Lipinski definition) is 2. The molecular weight excluding hydrogens is 338 g/mol. The van der Waals surface area contributed by atoms with Crippen molar-refractivity contribution in [1.82, 2.24) is 4.90 Å². The van der Waals surface area contributed by atoms with Gasteiger partial charge in [-0.3, -0.25) is 9.59 Å². The van der Waals surface area contributed by atoms with E-state index in [0.717, 1.165) is 18.4 Å². The largest absolute Gasteiger partial charge is 0.481 e. The van der Waals surface area contributed by atoms with E-state index in [-0.39, 0.29) is 5.91 Å². The van der Waals surface area contributed by atoms with Crippen molar-refractivity contribution < 1.29 is 14.7 Å². The third kappa shape index (κ3) is 4.38. The van der Waals surface area contributed by atoms with E-state index in [1.807, 2.05) is 35.2 Å². The van der Waals surface area contributed by atoms with Crippen LogP contribution in [0.25, 0.3) is 0 Å². The molecule has 3 rings (SSSR count). The van der Waals surface area contributed by atoms with Crippen molar-refractivity contribution in [2.75, 3.05) is 13.1 Å². The molecule has 4 heteroatoms. The summed E-state index contributed by atoms with van der Waals surface area (Å²) in [7, 11) is 0. The fourth-order valence-electron chi connectivity index (χ4n) is 3.88. The molecule has 1 saturated heterocycles. The van der Waals surface area contributed by atoms with Gasteiger partial charge in [-0.05, 0) is 43.7 Å². The van der Waals surface area contributed by atoms with Gasteiger partial charge in [-0.15, -0.1) is 0 Å². The van der Waals surface area contributed by atoms with Gasteiger partial charge in [0.05, 0.1) is 5.41 Å². The number of benzene rings is 2. The third-order valence-electron chi connectivity index (χ3n) is 5.68. The second kappa shape index (κ2) is 8.38. The second-order valence-corrected chi connectivity index (χ2v) is 7.47. The van der Waals surface area contributed by atoms with Crippen molar-refractivity contribution in [2.24, 2.45) is 0 Å². The van der Waals surface area contributed by atoms with E-state index >= 15 is 0 Å². The summed E-state index contributed by atoms with van der Waals surface area (Å²) in [5, 5.41) is 9.85. The Bertz CT molecular complexity index is 775. The van der Waals surface area contributed by atoms with Crippen LogP contribution in [0.3, 0.4) is 0 Å². The number of piperidine rings is 1. The number of likely N-dealkylation sites (tertiary alicyclic amines) is 1. The molecule has 27 heavy (non-hydrogen) atoms. The summed E-state index contributed by atoms with van der Waals surface area (Å²) in [4.78, 5) is 26.4. The minimum absolute atomic E-state index is 0.133. The monoisotopic (exact) mass is 365 g/mol. The lowest BCUT2D eigenvalue weighted by molar-refractivity contribution is -0.148. The molecule has 0 aliphatic carbocycles. The van der Waals surface area contributed by atoms with Crippen molar-refractivity contribution in [3.05, 3.63) is 71.3 Å². The fourth-order valence-corrected chi connectivity index (χ4v) is 3.88. The number of rotatable bonds is 6. The zero-order valence-corrected chi connectivity index (χ0v) is 15.9. The first kappa shape index (κ1) is 19.2. The van der Waals surface area contributed by atoms with Gasteiger partial charge in [0.25, 0.3) is 0 Å². The molecule has 0 spiro atoms. The molecule has 0 saturated carbocycles. The second-order valence-electron chi connectivity index (χ2n) is 7.47. The molecule has 1 fully saturated rings. The number of amides is 1. The van der Waals surface area contributed by atoms with Crippen LogP contribution in [0.2, 0.25) is 0 Å². The lowest BCUT2D eigenvalue weighted by atomic mass is 9.73. The van der Waals surface area contributed by atoms with E-state index in [9.17, 15) is 14.7 Å². The van der Waals surface area contributed by atoms with Gasteiger partial charge in [-0.2, -0.15) is 0 Å². The van der Waals surface area contributed by atoms with Gasteiger partial charge in [0.1, 0.15) is 0 Å². The molecule has 1 aliphatic heterocycles. The number of aliphatic carboxylic acids is 1. The Balaban J connectivity index is 1.54. The number of carbonyl (C=O) groups is 2. The van der Waals surface area contributed by atoms with Crippen molar-refractivity contribution in [3.8, 4) is 0 Å². The Labute approximate surface area is 160 Å². The highest BCUT2D eigenvalue weighted by molar-refractivity contribution is 5.82. The van der Waals surface area contributed by atoms with Gasteiger partial charge < -0.3 is 10.0 Å². The average Bonchev–Trinajstić information content (AvgIpc) is 2.70. The summed E-state index contributed by atoms with van der Waals surface area (Å²) in [6.45, 7) is 3.07. The van der Waals surface area contributed by atoms with Gasteiger partial charge in [0.2, 0.25) is 5.91 Å². The summed E-state index contributed by atoms with van der Waals surface area (Å²) in [6, 6.07) is 17.8. The van der Waals surface area contributed by atoms with E-state index in [0.29, 0.717) is 32.4 Å². The zero-order valence-electron chi connectivity index (χ0n) is 15.9. The van der Waals surface area contributed by atoms with Crippen LogP contribution in [-0.4, -0.2) is 35.0 Å². The molecule has 142 valence electrons. The summed E-state index contributed by atoms with van der Waals surface area (Å²) >= 11 is 0. The van der Waals surface area contributed by atoms with E-state index in [2.05, 4.69) is 31.2 Å². The maximum atomic E-state index is 12.5. The van der Waals surface area contributed by atoms with Gasteiger partial charge in [-0.1, -0.05) is 60.2 Å². The van der Waals surface area contributed by atoms with Crippen LogP contribution >= 0.6 is 0 Å². The fraction of sp³-hybridized carbons (Fsp3) is 0.391. The van der Waals surface area contributed by atoms with Crippen LogP contribution in [0.5, 0.6) is 0 Å². The predicted octanol–water partition coefficient (Wildman–Crippen LogP) is 3.96. The van der Waals surface area contributed by atoms with Crippen LogP contribution in [-0.2, 0) is 21.4 Å². The zero-order chi connectivity index (χ0) is 19.3. The van der Waals surface area contributed by atoms with E-state index in [4.69, 9.17) is 0 Å². The Morgan fingerprint density at radius 2 is 1.63 bits per heavy atom. The molecular formula is C23H27NO3. The van der Waals surface area contributed by atoms with Crippen LogP contribution < -0.4 is 0 Å². The standard InChI is InChI=1S/C23H27NO3/c1-18-10-12-19(13-11-18)6-5-9-21(25)24-16-14-23(15-17-24,22(26)27)20-7-3-2-4-8-20/h2-4,7-8,10-13H,5-6,9,14-17H2,1H3,(H,26,27). The first-order valence-electron chi connectivity index (χ1n) is 9.63. The maximum Gasteiger partial charge on any atom is 0.314 e. The summed E-state index contributed by atoms with van der Waals surface area (Å²) < 4.78 is 0. The summed E-state index contributed by atoms with van der Waals surface area (Å²) in [6.07, 6.45) is 3.16. The maximum absolute atomic E-state index is 12.5. The molecule has 1 heterocycles. The van der Waals surface area contributed by atoms with Gasteiger partial charge >= 0.3 is 5.97 Å². The number of aryl methyl sites for hydroxylation is 2. The molecule has 1 N–H and O–H groups in total.